The SMILES string of the molecule is Cc1cc(OCCC(C)(C)O)cc(C)c1-c1cccc(COc2ccc(C3=CC(=O)NS3=O)cc2)c1. The van der Waals surface area contributed by atoms with Crippen molar-refractivity contribution in [2.75, 3.05) is 6.61 Å². The zero-order valence-corrected chi connectivity index (χ0v) is 21.8. The monoisotopic (exact) mass is 505 g/mol. The highest BCUT2D eigenvalue weighted by Crippen LogP contribution is 2.32. The van der Waals surface area contributed by atoms with Crippen molar-refractivity contribution in [3.63, 3.8) is 0 Å². The molecule has 1 aliphatic rings. The normalized spacial score (nSPS) is 15.4. The third-order valence-corrected chi connectivity index (χ3v) is 7.04. The topological polar surface area (TPSA) is 84.9 Å². The van der Waals surface area contributed by atoms with Gasteiger partial charge < -0.3 is 14.6 Å². The molecule has 2 N–H and O–H groups in total. The minimum Gasteiger partial charge on any atom is -0.493 e. The Bertz CT molecular complexity index is 1300. The van der Waals surface area contributed by atoms with E-state index in [-0.39, 0.29) is 5.91 Å². The smallest absolute Gasteiger partial charge is 0.257 e. The lowest BCUT2D eigenvalue weighted by molar-refractivity contribution is -0.114. The van der Waals surface area contributed by atoms with E-state index in [4.69, 9.17) is 9.47 Å². The largest absolute Gasteiger partial charge is 0.493 e. The molecule has 6 nitrogen and oxygen atoms in total. The van der Waals surface area contributed by atoms with E-state index >= 15 is 0 Å². The Morgan fingerprint density at radius 1 is 0.917 bits per heavy atom. The summed E-state index contributed by atoms with van der Waals surface area (Å²) in [6.07, 6.45) is 1.92. The highest BCUT2D eigenvalue weighted by molar-refractivity contribution is 7.93. The van der Waals surface area contributed by atoms with Crippen LogP contribution in [0.25, 0.3) is 16.0 Å². The molecule has 1 atom stereocenters. The number of carbonyl (C=O) groups is 1. The fourth-order valence-electron chi connectivity index (χ4n) is 4.12. The van der Waals surface area contributed by atoms with Crippen LogP contribution in [0.1, 0.15) is 42.5 Å². The minimum absolute atomic E-state index is 0.345. The third-order valence-electron chi connectivity index (χ3n) is 5.90. The number of hydrogen-bond donors (Lipinski definition) is 2. The second-order valence-corrected chi connectivity index (χ2v) is 10.8. The van der Waals surface area contributed by atoms with E-state index in [1.807, 2.05) is 36.4 Å². The summed E-state index contributed by atoms with van der Waals surface area (Å²) in [6, 6.07) is 19.6. The third kappa shape index (κ3) is 6.42. The maximum absolute atomic E-state index is 11.9. The molecular formula is C29H31NO5S. The molecule has 1 heterocycles. The molecule has 3 aromatic rings. The highest BCUT2D eigenvalue weighted by Gasteiger charge is 2.20. The minimum atomic E-state index is -1.51. The van der Waals surface area contributed by atoms with Crippen molar-refractivity contribution < 1.29 is 23.6 Å². The van der Waals surface area contributed by atoms with Crippen molar-refractivity contribution in [2.24, 2.45) is 0 Å². The van der Waals surface area contributed by atoms with Crippen LogP contribution >= 0.6 is 0 Å². The molecular weight excluding hydrogens is 474 g/mol. The van der Waals surface area contributed by atoms with Crippen LogP contribution in [0.5, 0.6) is 11.5 Å². The maximum Gasteiger partial charge on any atom is 0.257 e. The summed E-state index contributed by atoms with van der Waals surface area (Å²) in [5.41, 5.74) is 5.52. The zero-order chi connectivity index (χ0) is 25.9. The number of nitrogens with one attached hydrogen (secondary N) is 1. The van der Waals surface area contributed by atoms with Crippen molar-refractivity contribution in [1.82, 2.24) is 4.72 Å². The van der Waals surface area contributed by atoms with Crippen molar-refractivity contribution in [1.29, 1.82) is 0 Å². The quantitative estimate of drug-likeness (QED) is 0.416. The first-order chi connectivity index (χ1) is 17.1. The molecule has 188 valence electrons. The summed E-state index contributed by atoms with van der Waals surface area (Å²) in [5.74, 6) is 1.15. The first-order valence-corrected chi connectivity index (χ1v) is 13.0. The van der Waals surface area contributed by atoms with E-state index in [9.17, 15) is 14.1 Å². The molecule has 0 saturated carbocycles. The van der Waals surface area contributed by atoms with Crippen molar-refractivity contribution in [2.45, 2.75) is 46.3 Å². The van der Waals surface area contributed by atoms with Gasteiger partial charge in [-0.3, -0.25) is 9.52 Å². The van der Waals surface area contributed by atoms with E-state index in [2.05, 4.69) is 30.7 Å². The van der Waals surface area contributed by atoms with Gasteiger partial charge in [-0.05, 0) is 91.4 Å². The number of amides is 1. The average molecular weight is 506 g/mol. The lowest BCUT2D eigenvalue weighted by Gasteiger charge is -2.18. The number of benzene rings is 3. The fourth-order valence-corrected chi connectivity index (χ4v) is 5.03. The number of ether oxygens (including phenoxy) is 2. The number of carbonyl (C=O) groups excluding carboxylic acids is 1. The predicted molar refractivity (Wildman–Crippen MR) is 143 cm³/mol. The van der Waals surface area contributed by atoms with Gasteiger partial charge in [0.25, 0.3) is 5.91 Å². The number of hydrogen-bond acceptors (Lipinski definition) is 5. The van der Waals surface area contributed by atoms with Gasteiger partial charge in [0.15, 0.2) is 11.0 Å². The summed E-state index contributed by atoms with van der Waals surface area (Å²) in [6.45, 7) is 8.57. The van der Waals surface area contributed by atoms with Crippen LogP contribution in [0, 0.1) is 13.8 Å². The van der Waals surface area contributed by atoms with Gasteiger partial charge in [0, 0.05) is 12.5 Å². The van der Waals surface area contributed by atoms with Gasteiger partial charge in [-0.2, -0.15) is 0 Å². The Balaban J connectivity index is 1.43. The Labute approximate surface area is 214 Å². The van der Waals surface area contributed by atoms with Crippen molar-refractivity contribution in [3.05, 3.63) is 89.0 Å². The zero-order valence-electron chi connectivity index (χ0n) is 21.0. The van der Waals surface area contributed by atoms with E-state index in [1.54, 1.807) is 26.0 Å². The molecule has 7 heteroatoms. The lowest BCUT2D eigenvalue weighted by Crippen LogP contribution is -2.21. The fraction of sp³-hybridized carbons (Fsp3) is 0.276. The second-order valence-electron chi connectivity index (χ2n) is 9.60. The standard InChI is InChI=1S/C29H31NO5S/c1-19-14-25(34-13-12-29(3,4)32)15-20(2)28(19)23-7-5-6-21(16-23)18-35-24-10-8-22(9-11-24)26-17-27(31)30-36(26)33/h5-11,14-17,32H,12-13,18H2,1-4H3,(H,30,31). The van der Waals surface area contributed by atoms with Crippen LogP contribution in [0.4, 0.5) is 0 Å². The van der Waals surface area contributed by atoms with Crippen LogP contribution in [-0.4, -0.2) is 27.4 Å². The Hall–Kier alpha value is -3.42. The van der Waals surface area contributed by atoms with Crippen LogP contribution in [0.2, 0.25) is 0 Å². The van der Waals surface area contributed by atoms with Gasteiger partial charge in [-0.1, -0.05) is 30.3 Å². The molecule has 1 unspecified atom stereocenters. The van der Waals surface area contributed by atoms with Gasteiger partial charge in [0.05, 0.1) is 17.1 Å². The van der Waals surface area contributed by atoms with Gasteiger partial charge in [-0.25, -0.2) is 4.21 Å². The average Bonchev–Trinajstić information content (AvgIpc) is 3.15. The lowest BCUT2D eigenvalue weighted by atomic mass is 9.94. The highest BCUT2D eigenvalue weighted by atomic mass is 32.2. The van der Waals surface area contributed by atoms with Crippen molar-refractivity contribution >= 4 is 21.8 Å². The molecule has 0 fully saturated rings. The summed E-state index contributed by atoms with van der Waals surface area (Å²) >= 11 is 0. The van der Waals surface area contributed by atoms with Crippen LogP contribution in [-0.2, 0) is 22.4 Å². The number of aryl methyl sites for hydroxylation is 2. The maximum atomic E-state index is 11.9. The van der Waals surface area contributed by atoms with E-state index in [0.717, 1.165) is 39.1 Å². The molecule has 4 rings (SSSR count). The first-order valence-electron chi connectivity index (χ1n) is 11.8. The van der Waals surface area contributed by atoms with E-state index in [0.29, 0.717) is 30.3 Å². The van der Waals surface area contributed by atoms with Gasteiger partial charge in [0.1, 0.15) is 18.1 Å². The van der Waals surface area contributed by atoms with E-state index in [1.165, 1.54) is 6.08 Å². The molecule has 36 heavy (non-hydrogen) atoms. The Morgan fingerprint density at radius 3 is 2.22 bits per heavy atom. The van der Waals surface area contributed by atoms with Crippen molar-refractivity contribution in [3.8, 4) is 22.6 Å². The predicted octanol–water partition coefficient (Wildman–Crippen LogP) is 5.22. The van der Waals surface area contributed by atoms with Gasteiger partial charge in [-0.15, -0.1) is 0 Å². The molecule has 1 aliphatic heterocycles. The Morgan fingerprint density at radius 2 is 1.61 bits per heavy atom. The first kappa shape index (κ1) is 25.7. The van der Waals surface area contributed by atoms with E-state index < -0.39 is 16.6 Å². The van der Waals surface area contributed by atoms with Gasteiger partial charge in [0.2, 0.25) is 0 Å². The van der Waals surface area contributed by atoms with Crippen LogP contribution in [0.15, 0.2) is 66.7 Å². The summed E-state index contributed by atoms with van der Waals surface area (Å²) < 4.78 is 26.2. The summed E-state index contributed by atoms with van der Waals surface area (Å²) in [4.78, 5) is 11.9. The van der Waals surface area contributed by atoms with Gasteiger partial charge >= 0.3 is 0 Å². The molecule has 0 aromatic heterocycles. The van der Waals surface area contributed by atoms with Crippen LogP contribution < -0.4 is 14.2 Å². The summed E-state index contributed by atoms with van der Waals surface area (Å²) in [5, 5.41) is 9.90. The molecule has 3 aromatic carbocycles. The molecule has 0 bridgehead atoms. The molecule has 1 amide bonds. The van der Waals surface area contributed by atoms with Crippen LogP contribution in [0.3, 0.4) is 0 Å². The molecule has 0 saturated heterocycles. The molecule has 0 radical (unpaired) electrons. The number of rotatable bonds is 9. The summed E-state index contributed by atoms with van der Waals surface area (Å²) in [7, 11) is -1.51. The Kier molecular flexibility index (Phi) is 7.62. The molecule has 0 spiro atoms. The second kappa shape index (κ2) is 10.7. The molecule has 0 aliphatic carbocycles. The number of aliphatic hydroxyl groups is 1.